The number of amides is 1. The van der Waals surface area contributed by atoms with E-state index >= 15 is 0 Å². The lowest BCUT2D eigenvalue weighted by atomic mass is 9.87. The number of nitrogens with zero attached hydrogens (tertiary/aromatic N) is 1. The molecule has 0 saturated heterocycles. The number of carbonyl (C=O) groups is 1. The second-order valence-electron chi connectivity index (χ2n) is 5.13. The SMILES string of the molecule is COc1ncccc1C(=O)NC(CO)C(C)(C)C. The van der Waals surface area contributed by atoms with E-state index in [0.29, 0.717) is 5.56 Å². The Balaban J connectivity index is 2.88. The van der Waals surface area contributed by atoms with Crippen molar-refractivity contribution in [2.45, 2.75) is 26.8 Å². The van der Waals surface area contributed by atoms with Crippen LogP contribution >= 0.6 is 0 Å². The molecule has 1 amide bonds. The molecule has 0 spiro atoms. The largest absolute Gasteiger partial charge is 0.480 e. The molecule has 1 heterocycles. The molecule has 1 atom stereocenters. The zero-order valence-electron chi connectivity index (χ0n) is 11.2. The third-order valence-electron chi connectivity index (χ3n) is 2.74. The van der Waals surface area contributed by atoms with Crippen molar-refractivity contribution in [1.82, 2.24) is 10.3 Å². The van der Waals surface area contributed by atoms with Gasteiger partial charge in [-0.2, -0.15) is 0 Å². The Labute approximate surface area is 107 Å². The molecule has 1 rings (SSSR count). The Kier molecular flexibility index (Phi) is 4.67. The van der Waals surface area contributed by atoms with Gasteiger partial charge in [0.25, 0.3) is 5.91 Å². The van der Waals surface area contributed by atoms with Crippen LogP contribution in [-0.2, 0) is 0 Å². The lowest BCUT2D eigenvalue weighted by Gasteiger charge is -2.29. The van der Waals surface area contributed by atoms with Gasteiger partial charge in [-0.25, -0.2) is 4.98 Å². The van der Waals surface area contributed by atoms with Gasteiger partial charge in [-0.05, 0) is 17.5 Å². The van der Waals surface area contributed by atoms with Gasteiger partial charge in [0.15, 0.2) is 0 Å². The molecule has 0 aromatic carbocycles. The quantitative estimate of drug-likeness (QED) is 0.845. The lowest BCUT2D eigenvalue weighted by molar-refractivity contribution is 0.0844. The normalized spacial score (nSPS) is 12.9. The number of aromatic nitrogens is 1. The van der Waals surface area contributed by atoms with Crippen LogP contribution in [0.2, 0.25) is 0 Å². The van der Waals surface area contributed by atoms with Crippen molar-refractivity contribution in [2.24, 2.45) is 5.41 Å². The average molecular weight is 252 g/mol. The molecule has 5 nitrogen and oxygen atoms in total. The molecule has 5 heteroatoms. The maximum atomic E-state index is 12.1. The zero-order valence-corrected chi connectivity index (χ0v) is 11.2. The first-order valence-corrected chi connectivity index (χ1v) is 5.81. The minimum Gasteiger partial charge on any atom is -0.480 e. The first kappa shape index (κ1) is 14.4. The Bertz CT molecular complexity index is 413. The van der Waals surface area contributed by atoms with E-state index in [1.807, 2.05) is 20.8 Å². The summed E-state index contributed by atoms with van der Waals surface area (Å²) < 4.78 is 5.03. The van der Waals surface area contributed by atoms with Gasteiger partial charge in [-0.3, -0.25) is 4.79 Å². The van der Waals surface area contributed by atoms with E-state index in [1.165, 1.54) is 7.11 Å². The van der Waals surface area contributed by atoms with Crippen LogP contribution in [0.3, 0.4) is 0 Å². The maximum absolute atomic E-state index is 12.1. The zero-order chi connectivity index (χ0) is 13.8. The molecule has 0 radical (unpaired) electrons. The lowest BCUT2D eigenvalue weighted by Crippen LogP contribution is -2.46. The number of ether oxygens (including phenoxy) is 1. The number of hydrogen-bond acceptors (Lipinski definition) is 4. The Hall–Kier alpha value is -1.62. The molecule has 0 aliphatic carbocycles. The predicted octanol–water partition coefficient (Wildman–Crippen LogP) is 1.23. The Morgan fingerprint density at radius 3 is 2.72 bits per heavy atom. The molecule has 2 N–H and O–H groups in total. The monoisotopic (exact) mass is 252 g/mol. The van der Waals surface area contributed by atoms with Crippen LogP contribution in [0.25, 0.3) is 0 Å². The summed E-state index contributed by atoms with van der Waals surface area (Å²) in [7, 11) is 1.46. The smallest absolute Gasteiger partial charge is 0.257 e. The minimum absolute atomic E-state index is 0.113. The highest BCUT2D eigenvalue weighted by Crippen LogP contribution is 2.20. The van der Waals surface area contributed by atoms with Gasteiger partial charge < -0.3 is 15.2 Å². The van der Waals surface area contributed by atoms with Gasteiger partial charge in [0.1, 0.15) is 5.56 Å². The van der Waals surface area contributed by atoms with Crippen LogP contribution in [0.4, 0.5) is 0 Å². The fraction of sp³-hybridized carbons (Fsp3) is 0.538. The van der Waals surface area contributed by atoms with E-state index in [1.54, 1.807) is 18.3 Å². The summed E-state index contributed by atoms with van der Waals surface area (Å²) >= 11 is 0. The van der Waals surface area contributed by atoms with Crippen LogP contribution in [0, 0.1) is 5.41 Å². The Morgan fingerprint density at radius 1 is 1.56 bits per heavy atom. The molecular formula is C13H20N2O3. The number of rotatable bonds is 4. The van der Waals surface area contributed by atoms with Crippen LogP contribution in [0.1, 0.15) is 31.1 Å². The molecule has 0 fully saturated rings. The first-order valence-electron chi connectivity index (χ1n) is 5.81. The average Bonchev–Trinajstić information content (AvgIpc) is 2.34. The fourth-order valence-electron chi connectivity index (χ4n) is 1.50. The van der Waals surface area contributed by atoms with Crippen molar-refractivity contribution < 1.29 is 14.6 Å². The van der Waals surface area contributed by atoms with Crippen molar-refractivity contribution in [3.05, 3.63) is 23.9 Å². The second kappa shape index (κ2) is 5.82. The maximum Gasteiger partial charge on any atom is 0.257 e. The third kappa shape index (κ3) is 3.43. The summed E-state index contributed by atoms with van der Waals surface area (Å²) in [6.45, 7) is 5.75. The first-order chi connectivity index (χ1) is 8.40. The summed E-state index contributed by atoms with van der Waals surface area (Å²) in [4.78, 5) is 16.1. The number of pyridine rings is 1. The molecule has 1 aromatic rings. The van der Waals surface area contributed by atoms with Gasteiger partial charge in [0, 0.05) is 6.20 Å². The predicted molar refractivity (Wildman–Crippen MR) is 68.6 cm³/mol. The van der Waals surface area contributed by atoms with Gasteiger partial charge in [0.2, 0.25) is 5.88 Å². The molecule has 0 aliphatic heterocycles. The van der Waals surface area contributed by atoms with Crippen molar-refractivity contribution in [3.8, 4) is 5.88 Å². The third-order valence-corrected chi connectivity index (χ3v) is 2.74. The summed E-state index contributed by atoms with van der Waals surface area (Å²) in [5, 5.41) is 12.1. The van der Waals surface area contributed by atoms with Crippen LogP contribution in [0.15, 0.2) is 18.3 Å². The molecule has 100 valence electrons. The number of nitrogens with one attached hydrogen (secondary N) is 1. The number of aliphatic hydroxyl groups excluding tert-OH is 1. The number of methoxy groups -OCH3 is 1. The standard InChI is InChI=1S/C13H20N2O3/c1-13(2,3)10(8-16)15-11(17)9-6-5-7-14-12(9)18-4/h5-7,10,16H,8H2,1-4H3,(H,15,17). The van der Waals surface area contributed by atoms with E-state index < -0.39 is 0 Å². The Morgan fingerprint density at radius 2 is 2.22 bits per heavy atom. The van der Waals surface area contributed by atoms with E-state index in [2.05, 4.69) is 10.3 Å². The van der Waals surface area contributed by atoms with E-state index in [9.17, 15) is 9.90 Å². The molecule has 1 unspecified atom stereocenters. The minimum atomic E-state index is -0.324. The van der Waals surface area contributed by atoms with E-state index in [4.69, 9.17) is 4.74 Å². The number of hydrogen-bond donors (Lipinski definition) is 2. The highest BCUT2D eigenvalue weighted by Gasteiger charge is 2.26. The summed E-state index contributed by atoms with van der Waals surface area (Å²) in [6, 6.07) is 2.98. The van der Waals surface area contributed by atoms with Crippen LogP contribution in [0.5, 0.6) is 5.88 Å². The summed E-state index contributed by atoms with van der Waals surface area (Å²) in [5.74, 6) is -0.0190. The van der Waals surface area contributed by atoms with Gasteiger partial charge in [0.05, 0.1) is 19.8 Å². The highest BCUT2D eigenvalue weighted by molar-refractivity contribution is 5.96. The molecule has 0 aliphatic rings. The number of aliphatic hydroxyl groups is 1. The molecule has 1 aromatic heterocycles. The van der Waals surface area contributed by atoms with Crippen molar-refractivity contribution >= 4 is 5.91 Å². The van der Waals surface area contributed by atoms with Crippen molar-refractivity contribution in [3.63, 3.8) is 0 Å². The van der Waals surface area contributed by atoms with Crippen molar-refractivity contribution in [2.75, 3.05) is 13.7 Å². The van der Waals surface area contributed by atoms with E-state index in [-0.39, 0.29) is 29.9 Å². The van der Waals surface area contributed by atoms with Crippen LogP contribution < -0.4 is 10.1 Å². The second-order valence-corrected chi connectivity index (χ2v) is 5.13. The van der Waals surface area contributed by atoms with Gasteiger partial charge >= 0.3 is 0 Å². The molecule has 18 heavy (non-hydrogen) atoms. The fourth-order valence-corrected chi connectivity index (χ4v) is 1.50. The topological polar surface area (TPSA) is 71.5 Å². The van der Waals surface area contributed by atoms with E-state index in [0.717, 1.165) is 0 Å². The molecule has 0 saturated carbocycles. The summed E-state index contributed by atoms with van der Waals surface area (Å²) in [6.07, 6.45) is 1.56. The number of carbonyl (C=O) groups excluding carboxylic acids is 1. The highest BCUT2D eigenvalue weighted by atomic mass is 16.5. The molecule has 0 bridgehead atoms. The van der Waals surface area contributed by atoms with Gasteiger partial charge in [-0.15, -0.1) is 0 Å². The van der Waals surface area contributed by atoms with Gasteiger partial charge in [-0.1, -0.05) is 20.8 Å². The molecular weight excluding hydrogens is 232 g/mol. The summed E-state index contributed by atoms with van der Waals surface area (Å²) in [5.41, 5.74) is 0.141. The van der Waals surface area contributed by atoms with Crippen molar-refractivity contribution in [1.29, 1.82) is 0 Å². The van der Waals surface area contributed by atoms with Crippen LogP contribution in [-0.4, -0.2) is 35.8 Å².